The van der Waals surface area contributed by atoms with E-state index >= 15 is 0 Å². The first-order valence-corrected chi connectivity index (χ1v) is 8.99. The Morgan fingerprint density at radius 2 is 2.04 bits per heavy atom. The van der Waals surface area contributed by atoms with Crippen molar-refractivity contribution in [3.05, 3.63) is 37.0 Å². The first-order valence-electron chi connectivity index (χ1n) is 8.99. The normalized spacial score (nSPS) is 31.2. The van der Waals surface area contributed by atoms with Crippen molar-refractivity contribution in [2.75, 3.05) is 20.7 Å². The smallest absolute Gasteiger partial charge is 0.188 e. The van der Waals surface area contributed by atoms with Crippen molar-refractivity contribution in [3.8, 4) is 0 Å². The second-order valence-electron chi connectivity index (χ2n) is 7.54. The van der Waals surface area contributed by atoms with Crippen LogP contribution in [-0.2, 0) is 9.47 Å². The third kappa shape index (κ3) is 4.07. The fraction of sp³-hybridized carbons (Fsp3) is 0.700. The van der Waals surface area contributed by atoms with Crippen LogP contribution in [0.25, 0.3) is 0 Å². The monoisotopic (exact) mass is 351 g/mol. The molecular weight excluding hydrogens is 318 g/mol. The predicted octanol–water partition coefficient (Wildman–Crippen LogP) is 2.26. The minimum Gasteiger partial charge on any atom is -0.388 e. The third-order valence-corrected chi connectivity index (χ3v) is 6.04. The molecule has 5 nitrogen and oxygen atoms in total. The molecule has 0 aromatic rings. The standard InChI is InChI=1S/C20H33NO4/c1-7-9-15(8-2)18(22)17-12-16(13-21(5)20(17)10-11-20)25-14(3)19(4,23)24-6/h7-9,14,16-18,22-23H,1-2,10-13H2,3-6H3/b15-9+. The fourth-order valence-electron chi connectivity index (χ4n) is 3.99. The Hall–Kier alpha value is -0.980. The molecule has 5 heteroatoms. The van der Waals surface area contributed by atoms with Gasteiger partial charge in [0.2, 0.25) is 0 Å². The van der Waals surface area contributed by atoms with Gasteiger partial charge in [-0.2, -0.15) is 0 Å². The molecule has 2 rings (SSSR count). The number of allylic oxidation sites excluding steroid dienone is 2. The van der Waals surface area contributed by atoms with Gasteiger partial charge in [0.1, 0.15) is 6.10 Å². The number of likely N-dealkylation sites (N-methyl/N-ethyl adjacent to an activating group) is 1. The summed E-state index contributed by atoms with van der Waals surface area (Å²) in [4.78, 5) is 2.30. The zero-order valence-electron chi connectivity index (χ0n) is 15.9. The maximum Gasteiger partial charge on any atom is 0.188 e. The molecule has 5 unspecified atom stereocenters. The molecule has 0 aromatic carbocycles. The van der Waals surface area contributed by atoms with Gasteiger partial charge in [-0.05, 0) is 45.7 Å². The lowest BCUT2D eigenvalue weighted by molar-refractivity contribution is -0.253. The Kier molecular flexibility index (Phi) is 6.28. The molecule has 1 saturated carbocycles. The molecular formula is C20H33NO4. The topological polar surface area (TPSA) is 62.2 Å². The number of hydrogen-bond donors (Lipinski definition) is 2. The molecule has 142 valence electrons. The highest BCUT2D eigenvalue weighted by Crippen LogP contribution is 2.53. The van der Waals surface area contributed by atoms with Crippen molar-refractivity contribution >= 4 is 0 Å². The van der Waals surface area contributed by atoms with Gasteiger partial charge in [-0.25, -0.2) is 0 Å². The van der Waals surface area contributed by atoms with E-state index in [2.05, 4.69) is 25.1 Å². The van der Waals surface area contributed by atoms with Crippen molar-refractivity contribution in [2.24, 2.45) is 5.92 Å². The van der Waals surface area contributed by atoms with Gasteiger partial charge in [-0.1, -0.05) is 31.4 Å². The van der Waals surface area contributed by atoms with Crippen molar-refractivity contribution in [2.45, 2.75) is 62.7 Å². The highest BCUT2D eigenvalue weighted by molar-refractivity contribution is 5.29. The van der Waals surface area contributed by atoms with Crippen LogP contribution < -0.4 is 0 Å². The van der Waals surface area contributed by atoms with E-state index in [1.165, 1.54) is 7.11 Å². The molecule has 1 spiro atoms. The molecule has 2 aliphatic rings. The van der Waals surface area contributed by atoms with Gasteiger partial charge in [0.25, 0.3) is 0 Å². The Morgan fingerprint density at radius 3 is 2.52 bits per heavy atom. The third-order valence-electron chi connectivity index (χ3n) is 6.04. The second kappa shape index (κ2) is 7.72. The maximum absolute atomic E-state index is 11.0. The number of rotatable bonds is 8. The summed E-state index contributed by atoms with van der Waals surface area (Å²) < 4.78 is 11.2. The first-order chi connectivity index (χ1) is 11.7. The van der Waals surface area contributed by atoms with Gasteiger partial charge in [0.15, 0.2) is 5.79 Å². The SMILES string of the molecule is C=C/C=C(\C=C)C(O)C1CC(OC(C)C(C)(O)OC)CN(C)C12CC2. The van der Waals surface area contributed by atoms with E-state index in [4.69, 9.17) is 9.47 Å². The minimum atomic E-state index is -1.34. The van der Waals surface area contributed by atoms with E-state index in [0.717, 1.165) is 31.4 Å². The van der Waals surface area contributed by atoms with Gasteiger partial charge >= 0.3 is 0 Å². The van der Waals surface area contributed by atoms with Crippen LogP contribution in [0.5, 0.6) is 0 Å². The van der Waals surface area contributed by atoms with Crippen molar-refractivity contribution in [3.63, 3.8) is 0 Å². The lowest BCUT2D eigenvalue weighted by Crippen LogP contribution is -2.56. The number of nitrogens with zero attached hydrogens (tertiary/aromatic N) is 1. The summed E-state index contributed by atoms with van der Waals surface area (Å²) in [5, 5.41) is 21.2. The van der Waals surface area contributed by atoms with Crippen molar-refractivity contribution in [1.29, 1.82) is 0 Å². The number of piperidine rings is 1. The number of methoxy groups -OCH3 is 1. The molecule has 5 atom stereocenters. The molecule has 2 fully saturated rings. The molecule has 1 heterocycles. The maximum atomic E-state index is 11.0. The van der Waals surface area contributed by atoms with E-state index in [-0.39, 0.29) is 17.6 Å². The van der Waals surface area contributed by atoms with Crippen LogP contribution in [0.15, 0.2) is 37.0 Å². The van der Waals surface area contributed by atoms with Crippen LogP contribution in [0.4, 0.5) is 0 Å². The predicted molar refractivity (Wildman–Crippen MR) is 99.2 cm³/mol. The molecule has 0 radical (unpaired) electrons. The van der Waals surface area contributed by atoms with Crippen LogP contribution >= 0.6 is 0 Å². The van der Waals surface area contributed by atoms with Gasteiger partial charge in [0, 0.05) is 25.1 Å². The van der Waals surface area contributed by atoms with Crippen LogP contribution in [0.1, 0.15) is 33.1 Å². The van der Waals surface area contributed by atoms with Gasteiger partial charge in [0.05, 0.1) is 12.2 Å². The zero-order chi connectivity index (χ0) is 18.8. The van der Waals surface area contributed by atoms with E-state index in [9.17, 15) is 10.2 Å². The van der Waals surface area contributed by atoms with E-state index in [0.29, 0.717) is 0 Å². The highest BCUT2D eigenvalue weighted by Gasteiger charge is 2.58. The average Bonchev–Trinajstić information content (AvgIpc) is 3.37. The summed E-state index contributed by atoms with van der Waals surface area (Å²) in [6.07, 6.45) is 6.94. The van der Waals surface area contributed by atoms with Crippen LogP contribution in [-0.4, -0.2) is 65.5 Å². The molecule has 25 heavy (non-hydrogen) atoms. The molecule has 1 saturated heterocycles. The van der Waals surface area contributed by atoms with Gasteiger partial charge in [-0.15, -0.1) is 0 Å². The Labute approximate surface area is 151 Å². The number of aliphatic hydroxyl groups excluding tert-OH is 1. The quantitative estimate of drug-likeness (QED) is 0.519. The number of hydrogen-bond acceptors (Lipinski definition) is 5. The van der Waals surface area contributed by atoms with Crippen LogP contribution in [0.3, 0.4) is 0 Å². The number of likely N-dealkylation sites (tertiary alicyclic amines) is 1. The highest BCUT2D eigenvalue weighted by atomic mass is 16.6. The molecule has 0 bridgehead atoms. The van der Waals surface area contributed by atoms with Gasteiger partial charge < -0.3 is 19.7 Å². The number of ether oxygens (including phenoxy) is 2. The first kappa shape index (κ1) is 20.3. The summed E-state index contributed by atoms with van der Waals surface area (Å²) in [5.74, 6) is -1.28. The molecule has 0 amide bonds. The van der Waals surface area contributed by atoms with Gasteiger partial charge in [-0.3, -0.25) is 4.90 Å². The van der Waals surface area contributed by atoms with E-state index < -0.39 is 18.0 Å². The molecule has 1 aliphatic heterocycles. The molecule has 2 N–H and O–H groups in total. The lowest BCUT2D eigenvalue weighted by atomic mass is 9.78. The Morgan fingerprint density at radius 1 is 1.40 bits per heavy atom. The minimum absolute atomic E-state index is 0.0373. The zero-order valence-corrected chi connectivity index (χ0v) is 15.9. The average molecular weight is 351 g/mol. The summed E-state index contributed by atoms with van der Waals surface area (Å²) in [6, 6.07) is 0. The summed E-state index contributed by atoms with van der Waals surface area (Å²) in [6.45, 7) is 11.7. The lowest BCUT2D eigenvalue weighted by Gasteiger charge is -2.47. The largest absolute Gasteiger partial charge is 0.388 e. The van der Waals surface area contributed by atoms with Crippen molar-refractivity contribution in [1.82, 2.24) is 4.90 Å². The summed E-state index contributed by atoms with van der Waals surface area (Å²) in [5.41, 5.74) is 0.826. The molecule has 0 aromatic heterocycles. The van der Waals surface area contributed by atoms with E-state index in [1.807, 2.05) is 13.0 Å². The fourth-order valence-corrected chi connectivity index (χ4v) is 3.99. The van der Waals surface area contributed by atoms with Crippen LogP contribution in [0, 0.1) is 5.92 Å². The Balaban J connectivity index is 2.16. The second-order valence-corrected chi connectivity index (χ2v) is 7.54. The van der Waals surface area contributed by atoms with E-state index in [1.54, 1.807) is 19.1 Å². The number of aliphatic hydroxyl groups is 2. The summed E-state index contributed by atoms with van der Waals surface area (Å²) >= 11 is 0. The Bertz CT molecular complexity index is 524. The molecule has 1 aliphatic carbocycles. The summed E-state index contributed by atoms with van der Waals surface area (Å²) in [7, 11) is 3.56. The van der Waals surface area contributed by atoms with Crippen molar-refractivity contribution < 1.29 is 19.7 Å². The van der Waals surface area contributed by atoms with Crippen LogP contribution in [0.2, 0.25) is 0 Å².